The van der Waals surface area contributed by atoms with E-state index in [4.69, 9.17) is 9.47 Å². The zero-order valence-electron chi connectivity index (χ0n) is 10.7. The van der Waals surface area contributed by atoms with Gasteiger partial charge >= 0.3 is 11.9 Å². The van der Waals surface area contributed by atoms with Crippen LogP contribution in [0.2, 0.25) is 0 Å². The highest BCUT2D eigenvalue weighted by Gasteiger charge is 2.54. The molecule has 0 radical (unpaired) electrons. The van der Waals surface area contributed by atoms with Crippen molar-refractivity contribution in [3.8, 4) is 0 Å². The molecule has 0 spiro atoms. The maximum atomic E-state index is 11.9. The summed E-state index contributed by atoms with van der Waals surface area (Å²) in [5.74, 6) is -2.26. The van der Waals surface area contributed by atoms with Crippen LogP contribution in [0.15, 0.2) is 30.3 Å². The quantitative estimate of drug-likeness (QED) is 0.592. The molecule has 1 aliphatic rings. The molecule has 2 rings (SSSR count). The average molecular weight is 248 g/mol. The van der Waals surface area contributed by atoms with Crippen LogP contribution in [-0.4, -0.2) is 24.6 Å². The molecule has 0 bridgehead atoms. The Hall–Kier alpha value is -1.84. The lowest BCUT2D eigenvalue weighted by Gasteiger charge is -2.26. The van der Waals surface area contributed by atoms with Gasteiger partial charge in [0.1, 0.15) is 5.60 Å². The summed E-state index contributed by atoms with van der Waals surface area (Å²) in [5, 5.41) is 0. The normalized spacial score (nSPS) is 25.6. The fourth-order valence-corrected chi connectivity index (χ4v) is 2.54. The Balaban J connectivity index is 2.45. The molecule has 1 aromatic carbocycles. The summed E-state index contributed by atoms with van der Waals surface area (Å²) < 4.78 is 10.0. The maximum Gasteiger partial charge on any atom is 0.321 e. The molecule has 1 aromatic rings. The molecule has 2 unspecified atom stereocenters. The largest absolute Gasteiger partial charge is 0.468 e. The molecule has 0 saturated carbocycles. The Morgan fingerprint density at radius 1 is 1.28 bits per heavy atom. The standard InChI is InChI=1S/C14H16O4/c1-14(2)11(9-7-5-4-6-8-9)10(12(15)17-3)13(16)18-14/h4-8,10-11H,1-3H3. The molecular formula is C14H16O4. The lowest BCUT2D eigenvalue weighted by atomic mass is 9.78. The molecule has 0 aliphatic carbocycles. The van der Waals surface area contributed by atoms with Crippen LogP contribution in [0, 0.1) is 5.92 Å². The van der Waals surface area contributed by atoms with E-state index in [-0.39, 0.29) is 5.92 Å². The molecule has 1 saturated heterocycles. The summed E-state index contributed by atoms with van der Waals surface area (Å²) in [6.45, 7) is 3.62. The van der Waals surface area contributed by atoms with Crippen LogP contribution in [0.5, 0.6) is 0 Å². The second-order valence-electron chi connectivity index (χ2n) is 4.91. The minimum atomic E-state index is -0.882. The highest BCUT2D eigenvalue weighted by Crippen LogP contribution is 2.44. The third-order valence-corrected chi connectivity index (χ3v) is 3.31. The van der Waals surface area contributed by atoms with Crippen molar-refractivity contribution in [2.45, 2.75) is 25.4 Å². The summed E-state index contributed by atoms with van der Waals surface area (Å²) in [4.78, 5) is 23.6. The van der Waals surface area contributed by atoms with E-state index in [9.17, 15) is 9.59 Å². The van der Waals surface area contributed by atoms with E-state index >= 15 is 0 Å². The number of benzene rings is 1. The summed E-state index contributed by atoms with van der Waals surface area (Å²) >= 11 is 0. The van der Waals surface area contributed by atoms with Gasteiger partial charge in [0.15, 0.2) is 5.92 Å². The number of carbonyl (C=O) groups excluding carboxylic acids is 2. The van der Waals surface area contributed by atoms with E-state index in [2.05, 4.69) is 0 Å². The molecule has 18 heavy (non-hydrogen) atoms. The predicted molar refractivity (Wildman–Crippen MR) is 64.9 cm³/mol. The van der Waals surface area contributed by atoms with Gasteiger partial charge in [-0.15, -0.1) is 0 Å². The average Bonchev–Trinajstić information content (AvgIpc) is 2.58. The van der Waals surface area contributed by atoms with E-state index in [1.54, 1.807) is 0 Å². The van der Waals surface area contributed by atoms with Crippen molar-refractivity contribution in [1.29, 1.82) is 0 Å². The fraction of sp³-hybridized carbons (Fsp3) is 0.429. The van der Waals surface area contributed by atoms with Gasteiger partial charge in [-0.25, -0.2) is 0 Å². The molecule has 4 heteroatoms. The first-order valence-corrected chi connectivity index (χ1v) is 5.83. The van der Waals surface area contributed by atoms with Crippen molar-refractivity contribution in [1.82, 2.24) is 0 Å². The Labute approximate surface area is 106 Å². The van der Waals surface area contributed by atoms with Crippen molar-refractivity contribution in [3.05, 3.63) is 35.9 Å². The highest BCUT2D eigenvalue weighted by atomic mass is 16.6. The van der Waals surface area contributed by atoms with Crippen LogP contribution in [0.3, 0.4) is 0 Å². The molecule has 1 fully saturated rings. The number of ether oxygens (including phenoxy) is 2. The van der Waals surface area contributed by atoms with Crippen molar-refractivity contribution in [2.75, 3.05) is 7.11 Å². The van der Waals surface area contributed by atoms with Gasteiger partial charge in [-0.2, -0.15) is 0 Å². The van der Waals surface area contributed by atoms with Crippen molar-refractivity contribution in [2.24, 2.45) is 5.92 Å². The van der Waals surface area contributed by atoms with Crippen molar-refractivity contribution >= 4 is 11.9 Å². The summed E-state index contributed by atoms with van der Waals surface area (Å²) in [6, 6.07) is 9.43. The second kappa shape index (κ2) is 4.44. The molecule has 96 valence electrons. The van der Waals surface area contributed by atoms with Gasteiger partial charge in [0.25, 0.3) is 0 Å². The van der Waals surface area contributed by atoms with Crippen LogP contribution >= 0.6 is 0 Å². The molecule has 1 heterocycles. The lowest BCUT2D eigenvalue weighted by molar-refractivity contribution is -0.156. The van der Waals surface area contributed by atoms with Gasteiger partial charge in [0.05, 0.1) is 7.11 Å². The summed E-state index contributed by atoms with van der Waals surface area (Å²) in [6.07, 6.45) is 0. The molecule has 4 nitrogen and oxygen atoms in total. The molecule has 0 amide bonds. The topological polar surface area (TPSA) is 52.6 Å². The Bertz CT molecular complexity index is 464. The fourth-order valence-electron chi connectivity index (χ4n) is 2.54. The Kier molecular flexibility index (Phi) is 3.11. The SMILES string of the molecule is COC(=O)C1C(=O)OC(C)(C)C1c1ccccc1. The van der Waals surface area contributed by atoms with Gasteiger partial charge in [-0.05, 0) is 19.4 Å². The number of cyclic esters (lactones) is 1. The number of methoxy groups -OCH3 is 1. The molecule has 0 N–H and O–H groups in total. The van der Waals surface area contributed by atoms with Crippen LogP contribution in [-0.2, 0) is 19.1 Å². The smallest absolute Gasteiger partial charge is 0.321 e. The Morgan fingerprint density at radius 3 is 2.44 bits per heavy atom. The first-order chi connectivity index (χ1) is 8.47. The van der Waals surface area contributed by atoms with E-state index < -0.39 is 23.5 Å². The van der Waals surface area contributed by atoms with Gasteiger partial charge in [-0.3, -0.25) is 9.59 Å². The summed E-state index contributed by atoms with van der Waals surface area (Å²) in [7, 11) is 1.28. The number of hydrogen-bond donors (Lipinski definition) is 0. The first-order valence-electron chi connectivity index (χ1n) is 5.83. The number of esters is 2. The van der Waals surface area contributed by atoms with Crippen molar-refractivity contribution < 1.29 is 19.1 Å². The molecule has 1 aliphatic heterocycles. The maximum absolute atomic E-state index is 11.9. The van der Waals surface area contributed by atoms with Gasteiger partial charge < -0.3 is 9.47 Å². The lowest BCUT2D eigenvalue weighted by Crippen LogP contribution is -2.31. The third kappa shape index (κ3) is 1.98. The zero-order valence-corrected chi connectivity index (χ0v) is 10.7. The van der Waals surface area contributed by atoms with Gasteiger partial charge in [0.2, 0.25) is 0 Å². The number of rotatable bonds is 2. The van der Waals surface area contributed by atoms with E-state index in [1.807, 2.05) is 44.2 Å². The Morgan fingerprint density at radius 2 is 1.89 bits per heavy atom. The minimum absolute atomic E-state index is 0.321. The minimum Gasteiger partial charge on any atom is -0.468 e. The molecular weight excluding hydrogens is 232 g/mol. The van der Waals surface area contributed by atoms with E-state index in [0.29, 0.717) is 0 Å². The van der Waals surface area contributed by atoms with Crippen LogP contribution < -0.4 is 0 Å². The number of hydrogen-bond acceptors (Lipinski definition) is 4. The van der Waals surface area contributed by atoms with Gasteiger partial charge in [-0.1, -0.05) is 30.3 Å². The van der Waals surface area contributed by atoms with Crippen LogP contribution in [0.4, 0.5) is 0 Å². The predicted octanol–water partition coefficient (Wildman–Crippen LogP) is 1.89. The first kappa shape index (κ1) is 12.6. The monoisotopic (exact) mass is 248 g/mol. The second-order valence-corrected chi connectivity index (χ2v) is 4.91. The third-order valence-electron chi connectivity index (χ3n) is 3.31. The highest BCUT2D eigenvalue weighted by molar-refractivity contribution is 5.98. The van der Waals surface area contributed by atoms with Crippen LogP contribution in [0.1, 0.15) is 25.3 Å². The molecule has 0 aromatic heterocycles. The van der Waals surface area contributed by atoms with Crippen molar-refractivity contribution in [3.63, 3.8) is 0 Å². The van der Waals surface area contributed by atoms with Crippen LogP contribution in [0.25, 0.3) is 0 Å². The van der Waals surface area contributed by atoms with E-state index in [1.165, 1.54) is 7.11 Å². The molecule has 2 atom stereocenters. The van der Waals surface area contributed by atoms with E-state index in [0.717, 1.165) is 5.56 Å². The number of carbonyl (C=O) groups is 2. The van der Waals surface area contributed by atoms with Gasteiger partial charge in [0, 0.05) is 5.92 Å². The zero-order chi connectivity index (χ0) is 13.3. The summed E-state index contributed by atoms with van der Waals surface area (Å²) in [5.41, 5.74) is 0.195.